The molecule has 1 aliphatic heterocycles. The molecule has 3 rings (SSSR count). The number of halogens is 2. The molecule has 0 aromatic heterocycles. The van der Waals surface area contributed by atoms with Gasteiger partial charge in [-0.05, 0) is 68.5 Å². The van der Waals surface area contributed by atoms with Gasteiger partial charge in [0.15, 0.2) is 0 Å². The first kappa shape index (κ1) is 28.0. The summed E-state index contributed by atoms with van der Waals surface area (Å²) in [7, 11) is 0. The van der Waals surface area contributed by atoms with E-state index in [2.05, 4.69) is 37.1 Å². The normalized spacial score (nSPS) is 24.0. The van der Waals surface area contributed by atoms with Gasteiger partial charge in [0.05, 0.1) is 11.6 Å². The molecule has 1 saturated heterocycles. The van der Waals surface area contributed by atoms with Gasteiger partial charge in [0.1, 0.15) is 0 Å². The molecule has 0 bridgehead atoms. The third kappa shape index (κ3) is 6.80. The van der Waals surface area contributed by atoms with Gasteiger partial charge in [0.25, 0.3) is 0 Å². The van der Waals surface area contributed by atoms with Crippen molar-refractivity contribution in [2.45, 2.75) is 83.9 Å². The molecule has 4 atom stereocenters. The van der Waals surface area contributed by atoms with Crippen LogP contribution in [0.4, 0.5) is 0 Å². The molecule has 0 spiro atoms. The average molecular weight is 520 g/mol. The van der Waals surface area contributed by atoms with Crippen LogP contribution in [0.15, 0.2) is 48.5 Å². The Hall–Kier alpha value is -1.59. The van der Waals surface area contributed by atoms with Crippen LogP contribution in [0.1, 0.15) is 83.4 Å². The Balaban J connectivity index is 2.13. The van der Waals surface area contributed by atoms with Gasteiger partial charge < -0.3 is 15.3 Å². The molecule has 0 unspecified atom stereocenters. The zero-order valence-corrected chi connectivity index (χ0v) is 23.2. The number of carbonyl (C=O) groups excluding carboxylic acids is 1. The van der Waals surface area contributed by atoms with E-state index < -0.39 is 11.0 Å². The highest BCUT2D eigenvalue weighted by molar-refractivity contribution is 6.30. The van der Waals surface area contributed by atoms with Crippen molar-refractivity contribution < 1.29 is 9.90 Å². The fraction of sp³-hybridized carbons (Fsp3) is 0.552. The van der Waals surface area contributed by atoms with Crippen molar-refractivity contribution in [1.29, 1.82) is 0 Å². The number of benzene rings is 2. The highest BCUT2D eigenvalue weighted by Gasteiger charge is 2.50. The number of carbonyl (C=O) groups is 1. The summed E-state index contributed by atoms with van der Waals surface area (Å²) in [5, 5.41) is 15.0. The van der Waals surface area contributed by atoms with Crippen molar-refractivity contribution in [3.05, 3.63) is 69.7 Å². The summed E-state index contributed by atoms with van der Waals surface area (Å²) in [5.74, 6) is 0.293. The average Bonchev–Trinajstić information content (AvgIpc) is 2.79. The fourth-order valence-corrected chi connectivity index (χ4v) is 5.87. The number of likely N-dealkylation sites (tertiary alicyclic amines) is 1. The second kappa shape index (κ2) is 11.6. The molecule has 6 heteroatoms. The molecular formula is C29H40Cl2N2O2. The predicted molar refractivity (Wildman–Crippen MR) is 146 cm³/mol. The maximum Gasteiger partial charge on any atom is 0.229 e. The van der Waals surface area contributed by atoms with Crippen molar-refractivity contribution in [3.8, 4) is 0 Å². The smallest absolute Gasteiger partial charge is 0.229 e. The first-order valence-corrected chi connectivity index (χ1v) is 13.5. The van der Waals surface area contributed by atoms with E-state index >= 15 is 0 Å². The molecule has 2 aromatic rings. The lowest BCUT2D eigenvalue weighted by atomic mass is 9.66. The minimum absolute atomic E-state index is 0.0244. The maximum atomic E-state index is 14.3. The molecule has 2 N–H and O–H groups in total. The molecule has 192 valence electrons. The van der Waals surface area contributed by atoms with E-state index in [0.29, 0.717) is 23.1 Å². The first-order chi connectivity index (χ1) is 16.5. The quantitative estimate of drug-likeness (QED) is 0.356. The summed E-state index contributed by atoms with van der Waals surface area (Å²) in [6.07, 6.45) is 3.34. The molecule has 1 heterocycles. The summed E-state index contributed by atoms with van der Waals surface area (Å²) in [6, 6.07) is 15.8. The number of amides is 1. The van der Waals surface area contributed by atoms with Crippen LogP contribution in [0.25, 0.3) is 0 Å². The van der Waals surface area contributed by atoms with Gasteiger partial charge in [-0.3, -0.25) is 4.79 Å². The van der Waals surface area contributed by atoms with E-state index in [1.54, 1.807) is 13.8 Å². The molecule has 0 aliphatic carbocycles. The number of hydrogen-bond donors (Lipinski definition) is 2. The highest BCUT2D eigenvalue weighted by Crippen LogP contribution is 2.52. The van der Waals surface area contributed by atoms with Crippen molar-refractivity contribution in [2.24, 2.45) is 5.41 Å². The van der Waals surface area contributed by atoms with Gasteiger partial charge in [-0.2, -0.15) is 0 Å². The van der Waals surface area contributed by atoms with Gasteiger partial charge in [-0.1, -0.05) is 74.7 Å². The van der Waals surface area contributed by atoms with Gasteiger partial charge in [-0.15, -0.1) is 0 Å². The van der Waals surface area contributed by atoms with Crippen molar-refractivity contribution in [2.75, 3.05) is 13.1 Å². The molecule has 1 aliphatic rings. The van der Waals surface area contributed by atoms with Crippen molar-refractivity contribution >= 4 is 29.1 Å². The van der Waals surface area contributed by atoms with Crippen LogP contribution in [-0.4, -0.2) is 40.6 Å². The Kier molecular flexibility index (Phi) is 9.31. The number of hydrogen-bond acceptors (Lipinski definition) is 3. The van der Waals surface area contributed by atoms with Crippen LogP contribution < -0.4 is 5.32 Å². The van der Waals surface area contributed by atoms with Crippen LogP contribution in [0.5, 0.6) is 0 Å². The third-order valence-electron chi connectivity index (χ3n) is 7.19. The number of rotatable bonds is 10. The molecule has 1 amide bonds. The number of piperidine rings is 1. The Morgan fingerprint density at radius 2 is 1.80 bits per heavy atom. The van der Waals surface area contributed by atoms with Gasteiger partial charge in [0.2, 0.25) is 5.91 Å². The molecule has 35 heavy (non-hydrogen) atoms. The minimum atomic E-state index is -0.820. The Labute approximate surface area is 221 Å². The monoisotopic (exact) mass is 518 g/mol. The van der Waals surface area contributed by atoms with Crippen molar-refractivity contribution in [1.82, 2.24) is 10.2 Å². The first-order valence-electron chi connectivity index (χ1n) is 12.8. The van der Waals surface area contributed by atoms with E-state index in [-0.39, 0.29) is 23.9 Å². The molecule has 0 radical (unpaired) electrons. The third-order valence-corrected chi connectivity index (χ3v) is 7.68. The zero-order valence-electron chi connectivity index (χ0n) is 21.7. The van der Waals surface area contributed by atoms with E-state index in [1.165, 1.54) is 0 Å². The summed E-state index contributed by atoms with van der Waals surface area (Å²) in [6.45, 7) is 11.0. The Morgan fingerprint density at radius 1 is 1.11 bits per heavy atom. The molecule has 1 fully saturated rings. The zero-order chi connectivity index (χ0) is 25.8. The topological polar surface area (TPSA) is 52.6 Å². The summed E-state index contributed by atoms with van der Waals surface area (Å²) in [4.78, 5) is 16.4. The second-order valence-electron chi connectivity index (χ2n) is 10.9. The summed E-state index contributed by atoms with van der Waals surface area (Å²) in [5.41, 5.74) is 0.942. The lowest BCUT2D eigenvalue weighted by Crippen LogP contribution is -2.58. The minimum Gasteiger partial charge on any atom is -0.389 e. The predicted octanol–water partition coefficient (Wildman–Crippen LogP) is 7.00. The van der Waals surface area contributed by atoms with E-state index in [1.807, 2.05) is 42.5 Å². The van der Waals surface area contributed by atoms with Crippen LogP contribution >= 0.6 is 23.2 Å². The van der Waals surface area contributed by atoms with Crippen LogP contribution in [0, 0.1) is 5.41 Å². The molecular weight excluding hydrogens is 479 g/mol. The number of aliphatic hydroxyl groups is 1. The summed E-state index contributed by atoms with van der Waals surface area (Å²) < 4.78 is 0. The van der Waals surface area contributed by atoms with E-state index in [4.69, 9.17) is 23.2 Å². The highest BCUT2D eigenvalue weighted by atomic mass is 35.5. The second-order valence-corrected chi connectivity index (χ2v) is 11.8. The van der Waals surface area contributed by atoms with Gasteiger partial charge >= 0.3 is 0 Å². The lowest BCUT2D eigenvalue weighted by molar-refractivity contribution is -0.155. The van der Waals surface area contributed by atoms with Gasteiger partial charge in [-0.25, -0.2) is 0 Å². The Bertz CT molecular complexity index is 989. The van der Waals surface area contributed by atoms with Gasteiger partial charge in [0, 0.05) is 40.5 Å². The van der Waals surface area contributed by atoms with E-state index in [0.717, 1.165) is 36.8 Å². The van der Waals surface area contributed by atoms with Crippen LogP contribution in [-0.2, 0) is 4.79 Å². The van der Waals surface area contributed by atoms with Crippen LogP contribution in [0.2, 0.25) is 10.0 Å². The SMILES string of the molecule is CCC[C@@]1(C)C[C@H](c2cccc(Cl)c2)[C@@H](c2ccc(Cl)cc2)N([C@@H](CC)CNCC(C)(C)O)C1=O. The van der Waals surface area contributed by atoms with Crippen LogP contribution in [0.3, 0.4) is 0 Å². The largest absolute Gasteiger partial charge is 0.389 e. The fourth-order valence-electron chi connectivity index (χ4n) is 5.54. The lowest BCUT2D eigenvalue weighted by Gasteiger charge is -2.52. The maximum absolute atomic E-state index is 14.3. The number of nitrogens with zero attached hydrogens (tertiary/aromatic N) is 1. The molecule has 0 saturated carbocycles. The van der Waals surface area contributed by atoms with E-state index in [9.17, 15) is 9.90 Å². The summed E-state index contributed by atoms with van der Waals surface area (Å²) >= 11 is 12.7. The molecule has 4 nitrogen and oxygen atoms in total. The Morgan fingerprint density at radius 3 is 2.37 bits per heavy atom. The van der Waals surface area contributed by atoms with Crippen molar-refractivity contribution in [3.63, 3.8) is 0 Å². The molecule has 2 aromatic carbocycles. The standard InChI is InChI=1S/C29H40Cl2N2O2/c1-6-15-29(5)17-25(21-9-8-10-23(31)16-21)26(20-11-13-22(30)14-12-20)33(27(29)34)24(7-2)18-32-19-28(3,4)35/h8-14,16,24-26,32,35H,6-7,15,17-19H2,1-5H3/t24-,25+,26+,29-/m0/s1. The number of nitrogens with one attached hydrogen (secondary N) is 1.